The number of H-pyrrole nitrogens is 1. The Balaban J connectivity index is 1.30. The molecule has 1 aliphatic rings. The van der Waals surface area contributed by atoms with Gasteiger partial charge in [-0.1, -0.05) is 12.1 Å². The summed E-state index contributed by atoms with van der Waals surface area (Å²) in [6.45, 7) is 0.207. The molecule has 3 heterocycles. The van der Waals surface area contributed by atoms with Gasteiger partial charge in [-0.15, -0.1) is 0 Å². The maximum Gasteiger partial charge on any atom is 0.267 e. The zero-order chi connectivity index (χ0) is 20.5. The van der Waals surface area contributed by atoms with E-state index >= 15 is 0 Å². The number of para-hydroxylation sites is 2. The van der Waals surface area contributed by atoms with Crippen LogP contribution in [-0.2, 0) is 17.9 Å². The summed E-state index contributed by atoms with van der Waals surface area (Å²) in [5.41, 5.74) is 2.68. The first-order chi connectivity index (χ1) is 14.7. The molecule has 0 saturated heterocycles. The number of imidazole rings is 1. The Hall–Kier alpha value is -4.14. The lowest BCUT2D eigenvalue weighted by atomic mass is 10.1. The van der Waals surface area contributed by atoms with Gasteiger partial charge in [0.25, 0.3) is 5.56 Å². The Kier molecular flexibility index (Phi) is 4.40. The van der Waals surface area contributed by atoms with E-state index in [9.17, 15) is 9.59 Å². The minimum Gasteiger partial charge on any atom is -0.454 e. The van der Waals surface area contributed by atoms with E-state index in [1.807, 2.05) is 30.3 Å². The van der Waals surface area contributed by atoms with Crippen molar-refractivity contribution in [1.82, 2.24) is 25.1 Å². The van der Waals surface area contributed by atoms with Crippen LogP contribution in [-0.4, -0.2) is 32.4 Å². The van der Waals surface area contributed by atoms with Crippen LogP contribution < -0.4 is 20.3 Å². The van der Waals surface area contributed by atoms with Gasteiger partial charge in [-0.3, -0.25) is 9.59 Å². The fraction of sp³-hybridized carbons (Fsp3) is 0.143. The lowest BCUT2D eigenvalue weighted by Gasteiger charge is -2.08. The van der Waals surface area contributed by atoms with Gasteiger partial charge in [0.2, 0.25) is 12.7 Å². The van der Waals surface area contributed by atoms with Crippen LogP contribution in [0.1, 0.15) is 5.82 Å². The number of nitrogens with zero attached hydrogens (tertiary/aromatic N) is 3. The monoisotopic (exact) mass is 403 g/mol. The molecule has 0 aliphatic carbocycles. The molecule has 0 radical (unpaired) electrons. The predicted molar refractivity (Wildman–Crippen MR) is 108 cm³/mol. The summed E-state index contributed by atoms with van der Waals surface area (Å²) in [7, 11) is 0. The Morgan fingerprint density at radius 2 is 1.97 bits per heavy atom. The van der Waals surface area contributed by atoms with Crippen molar-refractivity contribution in [2.45, 2.75) is 13.1 Å². The minimum atomic E-state index is -0.363. The maximum absolute atomic E-state index is 12.4. The van der Waals surface area contributed by atoms with E-state index in [1.165, 1.54) is 6.07 Å². The molecule has 9 heteroatoms. The highest BCUT2D eigenvalue weighted by atomic mass is 16.7. The second-order valence-electron chi connectivity index (χ2n) is 6.76. The number of aromatic nitrogens is 4. The van der Waals surface area contributed by atoms with Crippen molar-refractivity contribution in [2.24, 2.45) is 0 Å². The summed E-state index contributed by atoms with van der Waals surface area (Å²) in [6, 6.07) is 16.0. The smallest absolute Gasteiger partial charge is 0.267 e. The summed E-state index contributed by atoms with van der Waals surface area (Å²) in [5, 5.41) is 7.08. The summed E-state index contributed by atoms with van der Waals surface area (Å²) >= 11 is 0. The van der Waals surface area contributed by atoms with Crippen molar-refractivity contribution in [2.75, 3.05) is 6.79 Å². The molecule has 0 fully saturated rings. The molecule has 1 amide bonds. The van der Waals surface area contributed by atoms with Gasteiger partial charge in [0.05, 0.1) is 23.3 Å². The predicted octanol–water partition coefficient (Wildman–Crippen LogP) is 1.83. The number of ether oxygens (including phenoxy) is 2. The molecule has 0 saturated carbocycles. The highest BCUT2D eigenvalue weighted by molar-refractivity contribution is 5.76. The summed E-state index contributed by atoms with van der Waals surface area (Å²) in [6.07, 6.45) is 0. The highest BCUT2D eigenvalue weighted by Gasteiger charge is 2.15. The average Bonchev–Trinajstić information content (AvgIpc) is 3.39. The van der Waals surface area contributed by atoms with Crippen molar-refractivity contribution in [1.29, 1.82) is 0 Å². The molecular formula is C21H17N5O4. The number of benzene rings is 2. The molecule has 1 aliphatic heterocycles. The third-order valence-electron chi connectivity index (χ3n) is 4.72. The van der Waals surface area contributed by atoms with E-state index in [1.54, 1.807) is 18.2 Å². The zero-order valence-corrected chi connectivity index (χ0v) is 15.8. The Bertz CT molecular complexity index is 1280. The van der Waals surface area contributed by atoms with Gasteiger partial charge in [-0.05, 0) is 36.4 Å². The number of aromatic amines is 1. The molecule has 0 atom stereocenters. The zero-order valence-electron chi connectivity index (χ0n) is 15.8. The van der Waals surface area contributed by atoms with E-state index in [0.29, 0.717) is 23.0 Å². The second kappa shape index (κ2) is 7.36. The average molecular weight is 403 g/mol. The van der Waals surface area contributed by atoms with E-state index in [4.69, 9.17) is 9.47 Å². The van der Waals surface area contributed by atoms with E-state index < -0.39 is 0 Å². The third kappa shape index (κ3) is 3.48. The lowest BCUT2D eigenvalue weighted by molar-refractivity contribution is -0.122. The summed E-state index contributed by atoms with van der Waals surface area (Å²) in [4.78, 5) is 32.1. The Morgan fingerprint density at radius 1 is 1.10 bits per heavy atom. The van der Waals surface area contributed by atoms with Gasteiger partial charge < -0.3 is 19.8 Å². The second-order valence-corrected chi connectivity index (χ2v) is 6.76. The van der Waals surface area contributed by atoms with Gasteiger partial charge in [-0.25, -0.2) is 9.67 Å². The molecule has 4 aromatic rings. The Morgan fingerprint density at radius 3 is 2.87 bits per heavy atom. The quantitative estimate of drug-likeness (QED) is 0.526. The van der Waals surface area contributed by atoms with Gasteiger partial charge >= 0.3 is 0 Å². The molecule has 30 heavy (non-hydrogen) atoms. The summed E-state index contributed by atoms with van der Waals surface area (Å²) < 4.78 is 11.8. The number of fused-ring (bicyclic) bond motifs is 2. The SMILES string of the molecule is O=C(Cn1nc(-c2ccc3c(c2)OCO3)ccc1=O)NCc1nc2ccccc2[nH]1. The van der Waals surface area contributed by atoms with Crippen LogP contribution in [0.5, 0.6) is 11.5 Å². The van der Waals surface area contributed by atoms with Crippen LogP contribution in [0.15, 0.2) is 59.4 Å². The number of nitrogens with one attached hydrogen (secondary N) is 2. The topological polar surface area (TPSA) is 111 Å². The van der Waals surface area contributed by atoms with Crippen molar-refractivity contribution >= 4 is 16.9 Å². The number of carbonyl (C=O) groups excluding carboxylic acids is 1. The number of hydrogen-bond donors (Lipinski definition) is 2. The summed E-state index contributed by atoms with van der Waals surface area (Å²) in [5.74, 6) is 1.58. The molecule has 2 N–H and O–H groups in total. The van der Waals surface area contributed by atoms with E-state index in [2.05, 4.69) is 20.4 Å². The molecule has 5 rings (SSSR count). The molecular weight excluding hydrogens is 386 g/mol. The third-order valence-corrected chi connectivity index (χ3v) is 4.72. The first kappa shape index (κ1) is 17.9. The van der Waals surface area contributed by atoms with Gasteiger partial charge in [0.1, 0.15) is 12.4 Å². The van der Waals surface area contributed by atoms with Crippen LogP contribution in [0.3, 0.4) is 0 Å². The highest BCUT2D eigenvalue weighted by Crippen LogP contribution is 2.35. The minimum absolute atomic E-state index is 0.178. The molecule has 0 bridgehead atoms. The number of carbonyl (C=O) groups is 1. The van der Waals surface area contributed by atoms with E-state index in [0.717, 1.165) is 21.3 Å². The van der Waals surface area contributed by atoms with Crippen LogP contribution >= 0.6 is 0 Å². The Labute approximate surface area is 170 Å². The fourth-order valence-electron chi connectivity index (χ4n) is 3.24. The number of amides is 1. The molecule has 2 aromatic heterocycles. The van der Waals surface area contributed by atoms with Crippen molar-refractivity contribution < 1.29 is 14.3 Å². The normalized spacial score (nSPS) is 12.3. The fourth-order valence-corrected chi connectivity index (χ4v) is 3.24. The van der Waals surface area contributed by atoms with Crippen LogP contribution in [0.2, 0.25) is 0 Å². The standard InChI is InChI=1S/C21H17N5O4/c27-20(22-10-19-23-15-3-1-2-4-16(15)24-19)11-26-21(28)8-6-14(25-26)13-5-7-17-18(9-13)30-12-29-17/h1-9H,10-12H2,(H,22,27)(H,23,24). The van der Waals surface area contributed by atoms with Crippen LogP contribution in [0.25, 0.3) is 22.3 Å². The van der Waals surface area contributed by atoms with Crippen molar-refractivity contribution in [3.05, 3.63) is 70.8 Å². The molecule has 0 spiro atoms. The lowest BCUT2D eigenvalue weighted by Crippen LogP contribution is -2.33. The molecule has 2 aromatic carbocycles. The first-order valence-electron chi connectivity index (χ1n) is 9.34. The van der Waals surface area contributed by atoms with Gasteiger partial charge in [-0.2, -0.15) is 5.10 Å². The van der Waals surface area contributed by atoms with Crippen molar-refractivity contribution in [3.8, 4) is 22.8 Å². The largest absolute Gasteiger partial charge is 0.454 e. The number of hydrogen-bond acceptors (Lipinski definition) is 6. The van der Waals surface area contributed by atoms with E-state index in [-0.39, 0.29) is 31.3 Å². The van der Waals surface area contributed by atoms with Gasteiger partial charge in [0, 0.05) is 11.6 Å². The van der Waals surface area contributed by atoms with Gasteiger partial charge in [0.15, 0.2) is 11.5 Å². The van der Waals surface area contributed by atoms with Crippen LogP contribution in [0, 0.1) is 0 Å². The number of rotatable bonds is 5. The molecule has 9 nitrogen and oxygen atoms in total. The maximum atomic E-state index is 12.4. The van der Waals surface area contributed by atoms with Crippen LogP contribution in [0.4, 0.5) is 0 Å². The molecule has 150 valence electrons. The molecule has 0 unspecified atom stereocenters. The van der Waals surface area contributed by atoms with Crippen molar-refractivity contribution in [3.63, 3.8) is 0 Å². The first-order valence-corrected chi connectivity index (χ1v) is 9.34.